The fourth-order valence-corrected chi connectivity index (χ4v) is 3.11. The number of pyridine rings is 1. The fourth-order valence-electron chi connectivity index (χ4n) is 2.41. The van der Waals surface area contributed by atoms with Crippen molar-refractivity contribution in [2.45, 2.75) is 24.3 Å². The molecule has 3 aromatic heterocycles. The molecule has 24 heavy (non-hydrogen) atoms. The Morgan fingerprint density at radius 2 is 2.00 bits per heavy atom. The largest absolute Gasteiger partial charge is 0.338 e. The molecular formula is C17H15N5OS. The van der Waals surface area contributed by atoms with Gasteiger partial charge in [0.15, 0.2) is 16.6 Å². The van der Waals surface area contributed by atoms with Gasteiger partial charge in [-0.3, -0.25) is 0 Å². The van der Waals surface area contributed by atoms with Crippen LogP contribution < -0.4 is 0 Å². The monoisotopic (exact) mass is 337 g/mol. The van der Waals surface area contributed by atoms with Crippen LogP contribution in [-0.2, 0) is 12.2 Å². The number of aryl methyl sites for hydroxylation is 1. The molecule has 0 amide bonds. The number of thioether (sulfide) groups is 1. The lowest BCUT2D eigenvalue weighted by atomic mass is 10.1. The first-order valence-electron chi connectivity index (χ1n) is 7.57. The SMILES string of the molecule is Cc1ccnc2nc(SCc3nc(Cc4ccccc4)no3)[nH]c12. The Morgan fingerprint density at radius 3 is 2.83 bits per heavy atom. The lowest BCUT2D eigenvalue weighted by Crippen LogP contribution is -1.90. The van der Waals surface area contributed by atoms with E-state index >= 15 is 0 Å². The van der Waals surface area contributed by atoms with Gasteiger partial charge >= 0.3 is 0 Å². The Balaban J connectivity index is 1.43. The minimum absolute atomic E-state index is 0.570. The maximum Gasteiger partial charge on any atom is 0.237 e. The zero-order valence-electron chi connectivity index (χ0n) is 13.1. The molecule has 0 saturated heterocycles. The van der Waals surface area contributed by atoms with Crippen LogP contribution in [0.25, 0.3) is 11.2 Å². The molecule has 7 heteroatoms. The summed E-state index contributed by atoms with van der Waals surface area (Å²) in [6.45, 7) is 2.03. The van der Waals surface area contributed by atoms with E-state index in [0.29, 0.717) is 23.9 Å². The Bertz CT molecular complexity index is 963. The van der Waals surface area contributed by atoms with Gasteiger partial charge in [0.2, 0.25) is 5.89 Å². The lowest BCUT2D eigenvalue weighted by molar-refractivity contribution is 0.385. The molecule has 0 spiro atoms. The van der Waals surface area contributed by atoms with Crippen molar-refractivity contribution < 1.29 is 4.52 Å². The van der Waals surface area contributed by atoms with Crippen molar-refractivity contribution >= 4 is 22.9 Å². The van der Waals surface area contributed by atoms with Crippen LogP contribution in [0.4, 0.5) is 0 Å². The molecule has 0 bridgehead atoms. The molecule has 4 rings (SSSR count). The second kappa shape index (κ2) is 6.45. The highest BCUT2D eigenvalue weighted by atomic mass is 32.2. The predicted octanol–water partition coefficient (Wildman–Crippen LogP) is 3.53. The summed E-state index contributed by atoms with van der Waals surface area (Å²) in [7, 11) is 0. The van der Waals surface area contributed by atoms with Crippen LogP contribution in [0.5, 0.6) is 0 Å². The van der Waals surface area contributed by atoms with Gasteiger partial charge in [-0.05, 0) is 24.1 Å². The fraction of sp³-hybridized carbons (Fsp3) is 0.176. The molecule has 0 saturated carbocycles. The van der Waals surface area contributed by atoms with E-state index in [1.165, 1.54) is 11.8 Å². The van der Waals surface area contributed by atoms with Crippen LogP contribution in [0.2, 0.25) is 0 Å². The molecule has 0 fully saturated rings. The van der Waals surface area contributed by atoms with Gasteiger partial charge in [0.25, 0.3) is 0 Å². The first-order chi connectivity index (χ1) is 11.8. The zero-order chi connectivity index (χ0) is 16.4. The minimum atomic E-state index is 0.570. The number of aromatic nitrogens is 5. The summed E-state index contributed by atoms with van der Waals surface area (Å²) >= 11 is 1.52. The molecule has 0 atom stereocenters. The first kappa shape index (κ1) is 14.9. The van der Waals surface area contributed by atoms with Crippen molar-refractivity contribution in [1.29, 1.82) is 0 Å². The molecule has 0 unspecified atom stereocenters. The van der Waals surface area contributed by atoms with E-state index in [-0.39, 0.29) is 0 Å². The van der Waals surface area contributed by atoms with Crippen molar-refractivity contribution in [2.24, 2.45) is 0 Å². The molecule has 6 nitrogen and oxygen atoms in total. The average Bonchev–Trinajstić information content (AvgIpc) is 3.21. The molecule has 0 radical (unpaired) electrons. The zero-order valence-corrected chi connectivity index (χ0v) is 13.9. The van der Waals surface area contributed by atoms with E-state index in [1.807, 2.05) is 31.2 Å². The van der Waals surface area contributed by atoms with E-state index in [1.54, 1.807) is 6.20 Å². The summed E-state index contributed by atoms with van der Waals surface area (Å²) in [6, 6.07) is 12.1. The van der Waals surface area contributed by atoms with Gasteiger partial charge in [-0.2, -0.15) is 4.98 Å². The molecule has 1 aromatic carbocycles. The van der Waals surface area contributed by atoms with Crippen LogP contribution >= 0.6 is 11.8 Å². The standard InChI is InChI=1S/C17H15N5OS/c1-11-7-8-18-16-15(11)20-17(21-16)24-10-14-19-13(22-23-14)9-12-5-3-2-4-6-12/h2-8H,9-10H2,1H3,(H,18,20,21). The maximum atomic E-state index is 5.32. The van der Waals surface area contributed by atoms with Crippen LogP contribution in [0, 0.1) is 6.92 Å². The molecule has 4 aromatic rings. The number of benzene rings is 1. The number of nitrogens with one attached hydrogen (secondary N) is 1. The summed E-state index contributed by atoms with van der Waals surface area (Å²) in [4.78, 5) is 16.4. The molecular weight excluding hydrogens is 322 g/mol. The van der Waals surface area contributed by atoms with E-state index < -0.39 is 0 Å². The van der Waals surface area contributed by atoms with Gasteiger partial charge in [-0.1, -0.05) is 47.3 Å². The number of hydrogen-bond acceptors (Lipinski definition) is 6. The topological polar surface area (TPSA) is 80.5 Å². The van der Waals surface area contributed by atoms with Crippen molar-refractivity contribution in [2.75, 3.05) is 0 Å². The normalized spacial score (nSPS) is 11.2. The number of imidazole rings is 1. The van der Waals surface area contributed by atoms with Crippen LogP contribution in [0.3, 0.4) is 0 Å². The lowest BCUT2D eigenvalue weighted by Gasteiger charge is -1.94. The Morgan fingerprint density at radius 1 is 1.12 bits per heavy atom. The molecule has 1 N–H and O–H groups in total. The molecule has 3 heterocycles. The summed E-state index contributed by atoms with van der Waals surface area (Å²) in [6.07, 6.45) is 2.43. The van der Waals surface area contributed by atoms with Gasteiger partial charge in [-0.15, -0.1) is 0 Å². The molecule has 0 aliphatic carbocycles. The number of aromatic amines is 1. The molecule has 120 valence electrons. The minimum Gasteiger partial charge on any atom is -0.338 e. The third-order valence-corrected chi connectivity index (χ3v) is 4.48. The third kappa shape index (κ3) is 3.16. The molecule has 0 aliphatic heterocycles. The second-order valence-corrected chi connectivity index (χ2v) is 6.39. The molecule has 0 aliphatic rings. The van der Waals surface area contributed by atoms with Crippen LogP contribution in [0.1, 0.15) is 22.8 Å². The summed E-state index contributed by atoms with van der Waals surface area (Å²) < 4.78 is 5.32. The highest BCUT2D eigenvalue weighted by Gasteiger charge is 2.11. The summed E-state index contributed by atoms with van der Waals surface area (Å²) in [5.41, 5.74) is 3.99. The highest BCUT2D eigenvalue weighted by molar-refractivity contribution is 7.98. The van der Waals surface area contributed by atoms with Gasteiger partial charge in [0, 0.05) is 12.6 Å². The van der Waals surface area contributed by atoms with E-state index in [9.17, 15) is 0 Å². The van der Waals surface area contributed by atoms with Crippen molar-refractivity contribution in [3.8, 4) is 0 Å². The average molecular weight is 337 g/mol. The Kier molecular flexibility index (Phi) is 4.00. The van der Waals surface area contributed by atoms with Gasteiger partial charge in [0.1, 0.15) is 0 Å². The van der Waals surface area contributed by atoms with Gasteiger partial charge in [0.05, 0.1) is 11.3 Å². The number of hydrogen-bond donors (Lipinski definition) is 1. The van der Waals surface area contributed by atoms with Crippen molar-refractivity contribution in [1.82, 2.24) is 25.1 Å². The maximum absolute atomic E-state index is 5.32. The van der Waals surface area contributed by atoms with Crippen LogP contribution in [-0.4, -0.2) is 25.1 Å². The summed E-state index contributed by atoms with van der Waals surface area (Å²) in [5.74, 6) is 1.86. The number of fused-ring (bicyclic) bond motifs is 1. The van der Waals surface area contributed by atoms with E-state index in [0.717, 1.165) is 27.4 Å². The second-order valence-electron chi connectivity index (χ2n) is 5.42. The first-order valence-corrected chi connectivity index (χ1v) is 8.56. The number of nitrogens with zero attached hydrogens (tertiary/aromatic N) is 4. The third-order valence-electron chi connectivity index (χ3n) is 3.63. The van der Waals surface area contributed by atoms with Crippen molar-refractivity contribution in [3.05, 3.63) is 65.4 Å². The van der Waals surface area contributed by atoms with Gasteiger partial charge < -0.3 is 9.51 Å². The van der Waals surface area contributed by atoms with E-state index in [2.05, 4.69) is 37.2 Å². The predicted molar refractivity (Wildman–Crippen MR) is 91.7 cm³/mol. The number of rotatable bonds is 5. The van der Waals surface area contributed by atoms with Gasteiger partial charge in [-0.25, -0.2) is 9.97 Å². The van der Waals surface area contributed by atoms with Crippen LogP contribution in [0.15, 0.2) is 52.3 Å². The smallest absolute Gasteiger partial charge is 0.237 e. The number of H-pyrrole nitrogens is 1. The Hall–Kier alpha value is -2.67. The van der Waals surface area contributed by atoms with E-state index in [4.69, 9.17) is 4.52 Å². The quantitative estimate of drug-likeness (QED) is 0.561. The highest BCUT2D eigenvalue weighted by Crippen LogP contribution is 2.23. The van der Waals surface area contributed by atoms with Crippen molar-refractivity contribution in [3.63, 3.8) is 0 Å². The Labute approximate surface area is 142 Å². The summed E-state index contributed by atoms with van der Waals surface area (Å²) in [5, 5.41) is 4.84.